The largest absolute Gasteiger partial charge is 0.508 e. The number of aromatic hydroxyl groups is 2. The van der Waals surface area contributed by atoms with Gasteiger partial charge in [-0.3, -0.25) is 14.5 Å². The van der Waals surface area contributed by atoms with Gasteiger partial charge in [0.25, 0.3) is 0 Å². The van der Waals surface area contributed by atoms with E-state index >= 15 is 0 Å². The number of phenols is 2. The van der Waals surface area contributed by atoms with Gasteiger partial charge in [-0.25, -0.2) is 0 Å². The number of aryl methyl sites for hydroxylation is 1. The molecular formula is C26H24N4O5S. The average molecular weight is 505 g/mol. The molecule has 0 saturated carbocycles. The molecule has 3 aromatic rings. The second kappa shape index (κ2) is 11.0. The summed E-state index contributed by atoms with van der Waals surface area (Å²) in [6.07, 6.45) is 1.39. The van der Waals surface area contributed by atoms with Crippen LogP contribution < -0.4 is 15.0 Å². The lowest BCUT2D eigenvalue weighted by Crippen LogP contribution is -2.33. The number of hydrogen-bond acceptors (Lipinski definition) is 8. The van der Waals surface area contributed by atoms with Crippen molar-refractivity contribution in [1.29, 1.82) is 0 Å². The number of benzene rings is 3. The predicted molar refractivity (Wildman–Crippen MR) is 141 cm³/mol. The summed E-state index contributed by atoms with van der Waals surface area (Å²) in [5, 5.41) is 30.4. The lowest BCUT2D eigenvalue weighted by atomic mass is 10.2. The summed E-state index contributed by atoms with van der Waals surface area (Å²) in [5.74, 6) is -0.367. The van der Waals surface area contributed by atoms with Crippen LogP contribution in [0.4, 0.5) is 11.4 Å². The number of rotatable bonds is 7. The molecule has 10 heteroatoms. The van der Waals surface area contributed by atoms with E-state index in [4.69, 9.17) is 4.74 Å². The van der Waals surface area contributed by atoms with Crippen molar-refractivity contribution < 1.29 is 24.5 Å². The Labute approximate surface area is 212 Å². The number of nitrogens with zero attached hydrogens (tertiary/aromatic N) is 3. The smallest absolute Gasteiger partial charge is 0.247 e. The van der Waals surface area contributed by atoms with Gasteiger partial charge in [-0.2, -0.15) is 5.10 Å². The van der Waals surface area contributed by atoms with Gasteiger partial charge >= 0.3 is 0 Å². The molecule has 184 valence electrons. The van der Waals surface area contributed by atoms with E-state index in [9.17, 15) is 19.8 Å². The van der Waals surface area contributed by atoms with Crippen LogP contribution in [0.15, 0.2) is 76.9 Å². The Morgan fingerprint density at radius 2 is 1.92 bits per heavy atom. The lowest BCUT2D eigenvalue weighted by molar-refractivity contribution is -0.121. The molecule has 1 aliphatic heterocycles. The third-order valence-corrected chi connectivity index (χ3v) is 6.41. The molecule has 1 saturated heterocycles. The van der Waals surface area contributed by atoms with E-state index in [1.54, 1.807) is 36.4 Å². The molecule has 3 aromatic carbocycles. The number of thioether (sulfide) groups is 1. The fraction of sp³-hybridized carbons (Fsp3) is 0.154. The fourth-order valence-corrected chi connectivity index (χ4v) is 4.56. The van der Waals surface area contributed by atoms with Crippen molar-refractivity contribution in [2.75, 3.05) is 17.3 Å². The molecule has 0 aromatic heterocycles. The zero-order valence-corrected chi connectivity index (χ0v) is 20.4. The van der Waals surface area contributed by atoms with E-state index in [1.807, 2.05) is 19.1 Å². The first-order valence-corrected chi connectivity index (χ1v) is 11.9. The van der Waals surface area contributed by atoms with Crippen molar-refractivity contribution in [3.8, 4) is 17.2 Å². The Balaban J connectivity index is 1.56. The minimum absolute atomic E-state index is 0.000255. The van der Waals surface area contributed by atoms with Crippen LogP contribution in [0.5, 0.6) is 17.2 Å². The van der Waals surface area contributed by atoms with Gasteiger partial charge in [0.2, 0.25) is 11.8 Å². The summed E-state index contributed by atoms with van der Waals surface area (Å²) >= 11 is 1.12. The standard InChI is InChI=1S/C26H24N4O5S/c1-16-6-9-18(10-7-16)28-24(33)14-23-25(34)30(19-4-3-5-20(31)13-19)26(36-23)29-27-15-17-8-11-21(32)22(12-17)35-2/h3-13,15,23,31-32H,14H2,1-2H3,(H,28,33)/b27-15+,29-26?. The summed E-state index contributed by atoms with van der Waals surface area (Å²) in [6.45, 7) is 1.96. The highest BCUT2D eigenvalue weighted by atomic mass is 32.2. The Morgan fingerprint density at radius 1 is 1.14 bits per heavy atom. The van der Waals surface area contributed by atoms with Crippen molar-refractivity contribution >= 4 is 46.3 Å². The van der Waals surface area contributed by atoms with Crippen LogP contribution in [0.1, 0.15) is 17.5 Å². The third-order valence-electron chi connectivity index (χ3n) is 5.28. The van der Waals surface area contributed by atoms with Crippen molar-refractivity contribution in [2.45, 2.75) is 18.6 Å². The van der Waals surface area contributed by atoms with E-state index in [0.717, 1.165) is 17.3 Å². The molecule has 0 spiro atoms. The molecule has 1 fully saturated rings. The number of phenolic OH excluding ortho intramolecular Hbond substituents is 2. The van der Waals surface area contributed by atoms with E-state index in [1.165, 1.54) is 36.4 Å². The Hall–Kier alpha value is -4.31. The number of carbonyl (C=O) groups excluding carboxylic acids is 2. The number of anilines is 2. The van der Waals surface area contributed by atoms with Gasteiger partial charge in [0.05, 0.1) is 19.0 Å². The molecule has 1 heterocycles. The maximum Gasteiger partial charge on any atom is 0.247 e. The number of nitrogens with one attached hydrogen (secondary N) is 1. The predicted octanol–water partition coefficient (Wildman–Crippen LogP) is 4.28. The first-order chi connectivity index (χ1) is 17.3. The lowest BCUT2D eigenvalue weighted by Gasteiger charge is -2.16. The SMILES string of the molecule is COc1cc(/C=N/N=C2SC(CC(=O)Nc3ccc(C)cc3)C(=O)N2c2cccc(O)c2)ccc1O. The van der Waals surface area contributed by atoms with Crippen LogP contribution >= 0.6 is 11.8 Å². The van der Waals surface area contributed by atoms with Crippen LogP contribution in [0, 0.1) is 6.92 Å². The Bertz CT molecular complexity index is 1340. The van der Waals surface area contributed by atoms with Crippen LogP contribution in [0.2, 0.25) is 0 Å². The molecule has 4 rings (SSSR count). The average Bonchev–Trinajstić information content (AvgIpc) is 3.16. The molecule has 3 N–H and O–H groups in total. The maximum atomic E-state index is 13.3. The fourth-order valence-electron chi connectivity index (χ4n) is 3.47. The molecule has 2 amide bonds. The monoisotopic (exact) mass is 504 g/mol. The highest BCUT2D eigenvalue weighted by Crippen LogP contribution is 2.35. The quantitative estimate of drug-likeness (QED) is 0.326. The number of methoxy groups -OCH3 is 1. The van der Waals surface area contributed by atoms with Crippen LogP contribution in [0.3, 0.4) is 0 Å². The first-order valence-electron chi connectivity index (χ1n) is 11.0. The van der Waals surface area contributed by atoms with Crippen LogP contribution in [0.25, 0.3) is 0 Å². The summed E-state index contributed by atoms with van der Waals surface area (Å²) in [6, 6.07) is 18.3. The number of ether oxygens (including phenoxy) is 1. The number of hydrogen-bond donors (Lipinski definition) is 3. The minimum atomic E-state index is -0.722. The molecule has 1 atom stereocenters. The van der Waals surface area contributed by atoms with E-state index in [2.05, 4.69) is 15.5 Å². The molecule has 1 aliphatic rings. The molecule has 36 heavy (non-hydrogen) atoms. The van der Waals surface area contributed by atoms with E-state index in [0.29, 0.717) is 16.9 Å². The maximum absolute atomic E-state index is 13.3. The summed E-state index contributed by atoms with van der Waals surface area (Å²) < 4.78 is 5.10. The second-order valence-electron chi connectivity index (χ2n) is 7.98. The van der Waals surface area contributed by atoms with Gasteiger partial charge in [0.1, 0.15) is 11.0 Å². The van der Waals surface area contributed by atoms with Gasteiger partial charge in [0, 0.05) is 18.2 Å². The molecule has 1 unspecified atom stereocenters. The van der Waals surface area contributed by atoms with Gasteiger partial charge < -0.3 is 20.3 Å². The van der Waals surface area contributed by atoms with Gasteiger partial charge in [-0.05, 0) is 55.0 Å². The molecule has 0 aliphatic carbocycles. The summed E-state index contributed by atoms with van der Waals surface area (Å²) in [5.41, 5.74) is 2.76. The number of amides is 2. The number of carbonyl (C=O) groups is 2. The summed E-state index contributed by atoms with van der Waals surface area (Å²) in [7, 11) is 1.44. The second-order valence-corrected chi connectivity index (χ2v) is 9.15. The Morgan fingerprint density at radius 3 is 2.64 bits per heavy atom. The van der Waals surface area contributed by atoms with Crippen molar-refractivity contribution in [3.63, 3.8) is 0 Å². The van der Waals surface area contributed by atoms with E-state index < -0.39 is 5.25 Å². The first kappa shape index (κ1) is 24.8. The zero-order chi connectivity index (χ0) is 25.7. The minimum Gasteiger partial charge on any atom is -0.508 e. The van der Waals surface area contributed by atoms with Crippen molar-refractivity contribution in [3.05, 3.63) is 77.9 Å². The highest BCUT2D eigenvalue weighted by molar-refractivity contribution is 8.16. The van der Waals surface area contributed by atoms with E-state index in [-0.39, 0.29) is 40.7 Å². The van der Waals surface area contributed by atoms with Gasteiger partial charge in [-0.15, -0.1) is 5.10 Å². The Kier molecular flexibility index (Phi) is 7.55. The summed E-state index contributed by atoms with van der Waals surface area (Å²) in [4.78, 5) is 27.3. The van der Waals surface area contributed by atoms with Gasteiger partial charge in [-0.1, -0.05) is 35.5 Å². The normalized spacial score (nSPS) is 16.6. The van der Waals surface area contributed by atoms with Crippen LogP contribution in [-0.2, 0) is 9.59 Å². The van der Waals surface area contributed by atoms with Gasteiger partial charge in [0.15, 0.2) is 16.7 Å². The highest BCUT2D eigenvalue weighted by Gasteiger charge is 2.40. The molecule has 9 nitrogen and oxygen atoms in total. The van der Waals surface area contributed by atoms with Crippen molar-refractivity contribution in [2.24, 2.45) is 10.2 Å². The zero-order valence-electron chi connectivity index (χ0n) is 19.6. The number of amidine groups is 1. The molecular weight excluding hydrogens is 480 g/mol. The molecule has 0 radical (unpaired) electrons. The topological polar surface area (TPSA) is 124 Å². The third kappa shape index (κ3) is 5.84. The molecule has 0 bridgehead atoms. The van der Waals surface area contributed by atoms with Crippen molar-refractivity contribution in [1.82, 2.24) is 0 Å². The van der Waals surface area contributed by atoms with Crippen LogP contribution in [-0.4, -0.2) is 45.8 Å².